The van der Waals surface area contributed by atoms with Crippen molar-refractivity contribution in [2.45, 2.75) is 18.8 Å². The minimum Gasteiger partial charge on any atom is -0.343 e. The fourth-order valence-electron chi connectivity index (χ4n) is 0.797. The van der Waals surface area contributed by atoms with Gasteiger partial charge in [-0.15, -0.1) is 0 Å². The molecule has 0 amide bonds. The van der Waals surface area contributed by atoms with E-state index in [4.69, 9.17) is 10.2 Å². The van der Waals surface area contributed by atoms with Gasteiger partial charge < -0.3 is 10.2 Å². The van der Waals surface area contributed by atoms with E-state index in [-0.39, 0.29) is 13.0 Å². The molecule has 0 aliphatic carbocycles. The Labute approximate surface area is 94.0 Å². The molecule has 0 aromatic heterocycles. The Morgan fingerprint density at radius 2 is 1.56 bits per heavy atom. The molecule has 8 nitrogen and oxygen atoms in total. The van der Waals surface area contributed by atoms with Crippen molar-refractivity contribution in [1.29, 1.82) is 0 Å². The van der Waals surface area contributed by atoms with Gasteiger partial charge in [0, 0.05) is 6.42 Å². The van der Waals surface area contributed by atoms with Crippen LogP contribution in [0.3, 0.4) is 0 Å². The first-order chi connectivity index (χ1) is 6.91. The third kappa shape index (κ3) is 10.3. The molecule has 0 aliphatic rings. The lowest BCUT2D eigenvalue weighted by atomic mass is 10.3. The van der Waals surface area contributed by atoms with Crippen molar-refractivity contribution in [1.82, 2.24) is 0 Å². The first-order valence-corrected chi connectivity index (χ1v) is 7.74. The quantitative estimate of drug-likeness (QED) is 0.322. The maximum Gasteiger partial charge on any atom is 0.293 e. The topological polar surface area (TPSA) is 127 Å². The zero-order valence-corrected chi connectivity index (χ0v) is 10.4. The summed E-state index contributed by atoms with van der Waals surface area (Å²) in [5.74, 6) is -2.85. The Kier molecular flexibility index (Phi) is 5.29. The van der Waals surface area contributed by atoms with E-state index in [1.54, 1.807) is 0 Å². The lowest BCUT2D eigenvalue weighted by Gasteiger charge is -2.19. The van der Waals surface area contributed by atoms with E-state index in [9.17, 15) is 16.8 Å². The predicted molar refractivity (Wildman–Crippen MR) is 53.1 cm³/mol. The Bertz CT molecular complexity index is 406. The van der Waals surface area contributed by atoms with Crippen LogP contribution in [0.15, 0.2) is 0 Å². The molecule has 10 heteroatoms. The lowest BCUT2D eigenvalue weighted by Crippen LogP contribution is -2.34. The predicted octanol–water partition coefficient (Wildman–Crippen LogP) is -1.64. The normalized spacial score (nSPS) is 14.0. The van der Waals surface area contributed by atoms with Gasteiger partial charge in [0.25, 0.3) is 26.2 Å². The summed E-state index contributed by atoms with van der Waals surface area (Å²) in [5.41, 5.74) is 0. The van der Waals surface area contributed by atoms with Crippen LogP contribution in [0.25, 0.3) is 0 Å². The molecule has 0 atom stereocenters. The molecule has 2 N–H and O–H groups in total. The van der Waals surface area contributed by atoms with Crippen molar-refractivity contribution < 1.29 is 35.4 Å². The summed E-state index contributed by atoms with van der Waals surface area (Å²) in [6.07, 6.45) is 0.886. The van der Waals surface area contributed by atoms with Crippen molar-refractivity contribution in [3.05, 3.63) is 0 Å². The standard InChI is InChI=1S/C6H14O8S2/c1-15(9,10)13-5-3-4-6(7,8)14-16(2,11)12/h7-8H,3-5H2,1-2H3. The smallest absolute Gasteiger partial charge is 0.293 e. The fraction of sp³-hybridized carbons (Fsp3) is 1.00. The van der Waals surface area contributed by atoms with E-state index in [0.29, 0.717) is 6.26 Å². The summed E-state index contributed by atoms with van der Waals surface area (Å²) < 4.78 is 50.4. The van der Waals surface area contributed by atoms with Crippen LogP contribution in [0.2, 0.25) is 0 Å². The highest BCUT2D eigenvalue weighted by molar-refractivity contribution is 7.86. The van der Waals surface area contributed by atoms with Gasteiger partial charge in [0.2, 0.25) is 0 Å². The average molecular weight is 278 g/mol. The molecular weight excluding hydrogens is 264 g/mol. The van der Waals surface area contributed by atoms with E-state index < -0.39 is 32.6 Å². The van der Waals surface area contributed by atoms with Crippen molar-refractivity contribution in [2.75, 3.05) is 19.1 Å². The molecule has 0 fully saturated rings. The van der Waals surface area contributed by atoms with Gasteiger partial charge >= 0.3 is 0 Å². The van der Waals surface area contributed by atoms with Crippen LogP contribution in [0.1, 0.15) is 12.8 Å². The molecule has 98 valence electrons. The SMILES string of the molecule is CS(=O)(=O)OCCCC(O)(O)OS(C)(=O)=O. The average Bonchev–Trinajstić information content (AvgIpc) is 1.91. The highest BCUT2D eigenvalue weighted by Crippen LogP contribution is 2.13. The summed E-state index contributed by atoms with van der Waals surface area (Å²) in [5, 5.41) is 18.1. The molecule has 0 radical (unpaired) electrons. The van der Waals surface area contributed by atoms with Crippen LogP contribution in [-0.4, -0.2) is 52.1 Å². The van der Waals surface area contributed by atoms with Crippen molar-refractivity contribution in [3.63, 3.8) is 0 Å². The maximum atomic E-state index is 10.6. The van der Waals surface area contributed by atoms with E-state index >= 15 is 0 Å². The van der Waals surface area contributed by atoms with Gasteiger partial charge in [-0.05, 0) is 6.42 Å². The molecule has 16 heavy (non-hydrogen) atoms. The largest absolute Gasteiger partial charge is 0.343 e. The van der Waals surface area contributed by atoms with Crippen LogP contribution < -0.4 is 0 Å². The fourth-order valence-corrected chi connectivity index (χ4v) is 1.79. The van der Waals surface area contributed by atoms with Crippen LogP contribution in [0.5, 0.6) is 0 Å². The third-order valence-corrected chi connectivity index (χ3v) is 2.39. The van der Waals surface area contributed by atoms with Crippen LogP contribution >= 0.6 is 0 Å². The Morgan fingerprint density at radius 3 is 1.94 bits per heavy atom. The third-order valence-electron chi connectivity index (χ3n) is 1.23. The minimum atomic E-state index is -4.01. The van der Waals surface area contributed by atoms with E-state index in [1.165, 1.54) is 0 Å². The Hall–Kier alpha value is -0.260. The molecule has 0 aromatic carbocycles. The molecule has 0 aromatic rings. The van der Waals surface area contributed by atoms with Gasteiger partial charge in [-0.3, -0.25) is 4.18 Å². The summed E-state index contributed by atoms with van der Waals surface area (Å²) in [6.45, 7) is -0.297. The summed E-state index contributed by atoms with van der Waals surface area (Å²) in [6, 6.07) is 0. The number of hydrogen-bond acceptors (Lipinski definition) is 8. The van der Waals surface area contributed by atoms with Gasteiger partial charge in [-0.1, -0.05) is 0 Å². The van der Waals surface area contributed by atoms with E-state index in [0.717, 1.165) is 6.26 Å². The van der Waals surface area contributed by atoms with Gasteiger partial charge in [0.15, 0.2) is 0 Å². The Morgan fingerprint density at radius 1 is 1.06 bits per heavy atom. The summed E-state index contributed by atoms with van der Waals surface area (Å²) in [7, 11) is -7.61. The summed E-state index contributed by atoms with van der Waals surface area (Å²) >= 11 is 0. The minimum absolute atomic E-state index is 0.102. The van der Waals surface area contributed by atoms with Gasteiger partial charge in [-0.2, -0.15) is 16.8 Å². The molecule has 0 unspecified atom stereocenters. The highest BCUT2D eigenvalue weighted by Gasteiger charge is 2.28. The van der Waals surface area contributed by atoms with E-state index in [2.05, 4.69) is 8.37 Å². The first kappa shape index (κ1) is 15.7. The van der Waals surface area contributed by atoms with Crippen LogP contribution in [-0.2, 0) is 28.6 Å². The number of hydrogen-bond donors (Lipinski definition) is 2. The zero-order valence-electron chi connectivity index (χ0n) is 8.78. The number of aliphatic hydroxyl groups is 2. The second kappa shape index (κ2) is 5.38. The van der Waals surface area contributed by atoms with Crippen LogP contribution in [0, 0.1) is 0 Å². The molecule has 0 rings (SSSR count). The second-order valence-corrected chi connectivity index (χ2v) is 6.38. The van der Waals surface area contributed by atoms with Crippen molar-refractivity contribution in [3.8, 4) is 0 Å². The molecule has 0 saturated carbocycles. The van der Waals surface area contributed by atoms with E-state index in [1.807, 2.05) is 0 Å². The van der Waals surface area contributed by atoms with Crippen LogP contribution in [0.4, 0.5) is 0 Å². The van der Waals surface area contributed by atoms with Crippen molar-refractivity contribution in [2.24, 2.45) is 0 Å². The lowest BCUT2D eigenvalue weighted by molar-refractivity contribution is -0.293. The molecule has 0 bridgehead atoms. The number of rotatable bonds is 7. The van der Waals surface area contributed by atoms with Gasteiger partial charge in [0.05, 0.1) is 19.1 Å². The monoisotopic (exact) mass is 278 g/mol. The second-order valence-electron chi connectivity index (χ2n) is 3.16. The molecule has 0 aliphatic heterocycles. The zero-order chi connectivity index (χ0) is 13.0. The van der Waals surface area contributed by atoms with Gasteiger partial charge in [0.1, 0.15) is 0 Å². The molecule has 0 saturated heterocycles. The molecule has 0 spiro atoms. The maximum absolute atomic E-state index is 10.6. The Balaban J connectivity index is 4.02. The molecule has 0 heterocycles. The molecular formula is C6H14O8S2. The summed E-state index contributed by atoms with van der Waals surface area (Å²) in [4.78, 5) is 0. The van der Waals surface area contributed by atoms with Gasteiger partial charge in [-0.25, -0.2) is 4.18 Å². The van der Waals surface area contributed by atoms with Crippen molar-refractivity contribution >= 4 is 20.2 Å². The first-order valence-electron chi connectivity index (χ1n) is 4.11. The highest BCUT2D eigenvalue weighted by atomic mass is 32.2.